The molecule has 0 spiro atoms. The SMILES string of the molecule is COc1ccc2cc(/C=C/C(=O)O[C@H](C)C(=O)c3ccc4c(c3)CCC4)ccc2c1. The number of rotatable bonds is 6. The summed E-state index contributed by atoms with van der Waals surface area (Å²) in [6.07, 6.45) is 5.43. The van der Waals surface area contributed by atoms with Gasteiger partial charge in [0.2, 0.25) is 5.78 Å². The van der Waals surface area contributed by atoms with Crippen LogP contribution in [0, 0.1) is 0 Å². The van der Waals surface area contributed by atoms with Gasteiger partial charge in [0.15, 0.2) is 6.10 Å². The Balaban J connectivity index is 1.40. The third-order valence-electron chi connectivity index (χ3n) is 5.53. The number of fused-ring (bicyclic) bond motifs is 2. The third kappa shape index (κ3) is 4.28. The van der Waals surface area contributed by atoms with Crippen LogP contribution in [0.25, 0.3) is 16.8 Å². The molecule has 0 aromatic heterocycles. The molecular formula is C26H24O4. The second kappa shape index (κ2) is 8.54. The summed E-state index contributed by atoms with van der Waals surface area (Å²) < 4.78 is 10.6. The molecule has 1 aliphatic rings. The monoisotopic (exact) mass is 400 g/mol. The van der Waals surface area contributed by atoms with Gasteiger partial charge in [0.1, 0.15) is 5.75 Å². The first kappa shape index (κ1) is 19.9. The van der Waals surface area contributed by atoms with Gasteiger partial charge in [-0.3, -0.25) is 4.79 Å². The minimum atomic E-state index is -0.828. The van der Waals surface area contributed by atoms with E-state index in [2.05, 4.69) is 0 Å². The zero-order chi connectivity index (χ0) is 21.1. The maximum absolute atomic E-state index is 12.6. The van der Waals surface area contributed by atoms with E-state index in [1.54, 1.807) is 20.1 Å². The molecule has 4 nitrogen and oxygen atoms in total. The van der Waals surface area contributed by atoms with Crippen molar-refractivity contribution >= 4 is 28.6 Å². The van der Waals surface area contributed by atoms with Crippen molar-refractivity contribution < 1.29 is 19.1 Å². The van der Waals surface area contributed by atoms with Gasteiger partial charge in [-0.25, -0.2) is 4.79 Å². The number of benzene rings is 3. The molecule has 3 aromatic carbocycles. The average Bonchev–Trinajstić information content (AvgIpc) is 3.24. The predicted molar refractivity (Wildman–Crippen MR) is 118 cm³/mol. The molecule has 0 amide bonds. The molecule has 30 heavy (non-hydrogen) atoms. The lowest BCUT2D eigenvalue weighted by Crippen LogP contribution is -2.23. The van der Waals surface area contributed by atoms with Crippen LogP contribution in [0.1, 0.15) is 40.4 Å². The van der Waals surface area contributed by atoms with Crippen molar-refractivity contribution in [2.75, 3.05) is 7.11 Å². The van der Waals surface area contributed by atoms with Gasteiger partial charge in [0.25, 0.3) is 0 Å². The maximum Gasteiger partial charge on any atom is 0.331 e. The summed E-state index contributed by atoms with van der Waals surface area (Å²) in [5, 5.41) is 2.11. The highest BCUT2D eigenvalue weighted by Crippen LogP contribution is 2.24. The zero-order valence-electron chi connectivity index (χ0n) is 17.2. The summed E-state index contributed by atoms with van der Waals surface area (Å²) in [5.74, 6) is 0.0920. The second-order valence-electron chi connectivity index (χ2n) is 7.59. The standard InChI is InChI=1S/C26H24O4/c1-17(26(28)23-10-9-19-4-3-5-20(19)15-23)30-25(27)13-7-18-6-8-22-16-24(29-2)12-11-21(22)14-18/h6-17H,3-5H2,1-2H3/b13-7+/t17-/m1/s1. The van der Waals surface area contributed by atoms with Crippen LogP contribution in [0.15, 0.2) is 60.7 Å². The lowest BCUT2D eigenvalue weighted by Gasteiger charge is -2.12. The molecule has 152 valence electrons. The Labute approximate surface area is 176 Å². The Morgan fingerprint density at radius 3 is 2.53 bits per heavy atom. The van der Waals surface area contributed by atoms with Gasteiger partial charge in [-0.15, -0.1) is 0 Å². The molecule has 3 aromatic rings. The van der Waals surface area contributed by atoms with Crippen LogP contribution >= 0.6 is 0 Å². The number of ether oxygens (including phenoxy) is 2. The van der Waals surface area contributed by atoms with Crippen molar-refractivity contribution in [3.8, 4) is 5.75 Å². The van der Waals surface area contributed by atoms with Crippen LogP contribution in [-0.2, 0) is 22.4 Å². The Morgan fingerprint density at radius 1 is 0.933 bits per heavy atom. The Morgan fingerprint density at radius 2 is 1.70 bits per heavy atom. The maximum atomic E-state index is 12.6. The first-order valence-corrected chi connectivity index (χ1v) is 10.2. The minimum Gasteiger partial charge on any atom is -0.497 e. The minimum absolute atomic E-state index is 0.175. The molecule has 0 unspecified atom stereocenters. The summed E-state index contributed by atoms with van der Waals surface area (Å²) >= 11 is 0. The summed E-state index contributed by atoms with van der Waals surface area (Å²) in [6, 6.07) is 17.5. The fourth-order valence-corrected chi connectivity index (χ4v) is 3.86. The van der Waals surface area contributed by atoms with Crippen LogP contribution in [0.4, 0.5) is 0 Å². The number of methoxy groups -OCH3 is 1. The molecule has 0 N–H and O–H groups in total. The summed E-state index contributed by atoms with van der Waals surface area (Å²) in [4.78, 5) is 24.9. The number of aryl methyl sites for hydroxylation is 2. The van der Waals surface area contributed by atoms with E-state index in [1.165, 1.54) is 17.2 Å². The van der Waals surface area contributed by atoms with Crippen LogP contribution < -0.4 is 4.74 Å². The quantitative estimate of drug-likeness (QED) is 0.326. The summed E-state index contributed by atoms with van der Waals surface area (Å²) in [7, 11) is 1.64. The van der Waals surface area contributed by atoms with Crippen molar-refractivity contribution in [2.24, 2.45) is 0 Å². The zero-order valence-corrected chi connectivity index (χ0v) is 17.2. The predicted octanol–water partition coefficient (Wildman–Crippen LogP) is 5.16. The second-order valence-corrected chi connectivity index (χ2v) is 7.59. The highest BCUT2D eigenvalue weighted by Gasteiger charge is 2.20. The van der Waals surface area contributed by atoms with Crippen molar-refractivity contribution in [1.82, 2.24) is 0 Å². The van der Waals surface area contributed by atoms with Gasteiger partial charge in [0.05, 0.1) is 7.11 Å². The van der Waals surface area contributed by atoms with Gasteiger partial charge in [-0.05, 0) is 84.0 Å². The van der Waals surface area contributed by atoms with E-state index in [9.17, 15) is 9.59 Å². The Kier molecular flexibility index (Phi) is 5.66. The van der Waals surface area contributed by atoms with Crippen molar-refractivity contribution in [1.29, 1.82) is 0 Å². The summed E-state index contributed by atoms with van der Waals surface area (Å²) in [5.41, 5.74) is 4.02. The number of hydrogen-bond acceptors (Lipinski definition) is 4. The molecular weight excluding hydrogens is 376 g/mol. The third-order valence-corrected chi connectivity index (χ3v) is 5.53. The van der Waals surface area contributed by atoms with Crippen LogP contribution in [-0.4, -0.2) is 25.0 Å². The van der Waals surface area contributed by atoms with E-state index in [0.717, 1.165) is 41.3 Å². The van der Waals surface area contributed by atoms with Gasteiger partial charge < -0.3 is 9.47 Å². The van der Waals surface area contributed by atoms with E-state index in [0.29, 0.717) is 5.56 Å². The Hall–Kier alpha value is -3.40. The van der Waals surface area contributed by atoms with E-state index in [-0.39, 0.29) is 5.78 Å². The molecule has 0 radical (unpaired) electrons. The normalized spacial score (nSPS) is 13.9. The number of hydrogen-bond donors (Lipinski definition) is 0. The van der Waals surface area contributed by atoms with Gasteiger partial charge in [0, 0.05) is 11.6 Å². The lowest BCUT2D eigenvalue weighted by atomic mass is 10.0. The molecule has 4 heteroatoms. The van der Waals surface area contributed by atoms with Crippen molar-refractivity contribution in [3.63, 3.8) is 0 Å². The number of carbonyl (C=O) groups excluding carboxylic acids is 2. The van der Waals surface area contributed by atoms with Crippen molar-refractivity contribution in [2.45, 2.75) is 32.3 Å². The van der Waals surface area contributed by atoms with Gasteiger partial charge >= 0.3 is 5.97 Å². The topological polar surface area (TPSA) is 52.6 Å². The van der Waals surface area contributed by atoms with Crippen molar-refractivity contribution in [3.05, 3.63) is 82.9 Å². The van der Waals surface area contributed by atoms with E-state index >= 15 is 0 Å². The van der Waals surface area contributed by atoms with Crippen LogP contribution in [0.3, 0.4) is 0 Å². The fourth-order valence-electron chi connectivity index (χ4n) is 3.86. The van der Waals surface area contributed by atoms with E-state index < -0.39 is 12.1 Å². The van der Waals surface area contributed by atoms with Crippen LogP contribution in [0.2, 0.25) is 0 Å². The summed E-state index contributed by atoms with van der Waals surface area (Å²) in [6.45, 7) is 1.62. The smallest absolute Gasteiger partial charge is 0.331 e. The molecule has 0 bridgehead atoms. The highest BCUT2D eigenvalue weighted by molar-refractivity contribution is 6.01. The molecule has 0 fully saturated rings. The molecule has 1 aliphatic carbocycles. The number of esters is 1. The number of ketones is 1. The molecule has 0 heterocycles. The largest absolute Gasteiger partial charge is 0.497 e. The fraction of sp³-hybridized carbons (Fsp3) is 0.231. The lowest BCUT2D eigenvalue weighted by molar-refractivity contribution is -0.140. The number of carbonyl (C=O) groups is 2. The molecule has 4 rings (SSSR count). The van der Waals surface area contributed by atoms with Gasteiger partial charge in [-0.2, -0.15) is 0 Å². The first-order chi connectivity index (χ1) is 14.5. The first-order valence-electron chi connectivity index (χ1n) is 10.2. The molecule has 0 saturated heterocycles. The number of Topliss-reactive ketones (excluding diaryl/α,β-unsaturated/α-hetero) is 1. The highest BCUT2D eigenvalue weighted by atomic mass is 16.5. The molecule has 0 aliphatic heterocycles. The van der Waals surface area contributed by atoms with E-state index in [4.69, 9.17) is 9.47 Å². The van der Waals surface area contributed by atoms with Gasteiger partial charge in [-0.1, -0.05) is 30.3 Å². The van der Waals surface area contributed by atoms with E-state index in [1.807, 2.05) is 54.6 Å². The molecule has 0 saturated carbocycles. The Bertz CT molecular complexity index is 1140. The average molecular weight is 400 g/mol. The van der Waals surface area contributed by atoms with Crippen LogP contribution in [0.5, 0.6) is 5.75 Å². The molecule has 1 atom stereocenters.